The highest BCUT2D eigenvalue weighted by atomic mass is 32.2. The van der Waals surface area contributed by atoms with Crippen LogP contribution >= 0.6 is 0 Å². The van der Waals surface area contributed by atoms with E-state index in [2.05, 4.69) is 4.72 Å². The largest absolute Gasteiger partial charge is 0.468 e. The molecule has 1 fully saturated rings. The van der Waals surface area contributed by atoms with Gasteiger partial charge in [0.25, 0.3) is 5.91 Å². The molecule has 7 nitrogen and oxygen atoms in total. The number of benzene rings is 1. The van der Waals surface area contributed by atoms with Crippen LogP contribution in [0, 0.1) is 0 Å². The number of sulfonamides is 1. The van der Waals surface area contributed by atoms with E-state index in [-0.39, 0.29) is 29.4 Å². The minimum atomic E-state index is -3.70. The maximum atomic E-state index is 13.1. The average molecular weight is 414 g/mol. The van der Waals surface area contributed by atoms with Gasteiger partial charge in [-0.15, -0.1) is 0 Å². The third-order valence-electron chi connectivity index (χ3n) is 4.98. The second-order valence-electron chi connectivity index (χ2n) is 7.06. The Hall–Kier alpha value is -2.84. The Kier molecular flexibility index (Phi) is 5.29. The monoisotopic (exact) mass is 414 g/mol. The lowest BCUT2D eigenvalue weighted by Crippen LogP contribution is -2.35. The summed E-state index contributed by atoms with van der Waals surface area (Å²) in [6.45, 7) is 2.00. The maximum Gasteiger partial charge on any atom is 0.254 e. The predicted molar refractivity (Wildman–Crippen MR) is 105 cm³/mol. The molecule has 0 bridgehead atoms. The van der Waals surface area contributed by atoms with Crippen molar-refractivity contribution in [3.05, 3.63) is 78.1 Å². The third-order valence-corrected chi connectivity index (χ3v) is 6.39. The summed E-state index contributed by atoms with van der Waals surface area (Å²) in [6, 6.07) is 13.0. The molecular weight excluding hydrogens is 392 g/mol. The summed E-state index contributed by atoms with van der Waals surface area (Å²) in [5.74, 6) is 1.11. The first kappa shape index (κ1) is 19.5. The van der Waals surface area contributed by atoms with Crippen molar-refractivity contribution in [1.82, 2.24) is 9.62 Å². The van der Waals surface area contributed by atoms with E-state index in [1.165, 1.54) is 18.4 Å². The van der Waals surface area contributed by atoms with E-state index in [0.717, 1.165) is 18.6 Å². The molecule has 1 N–H and O–H groups in total. The van der Waals surface area contributed by atoms with Gasteiger partial charge >= 0.3 is 0 Å². The van der Waals surface area contributed by atoms with Gasteiger partial charge in [-0.1, -0.05) is 0 Å². The average Bonchev–Trinajstić information content (AvgIpc) is 3.20. The van der Waals surface area contributed by atoms with Crippen LogP contribution in [0.3, 0.4) is 0 Å². The molecule has 8 heteroatoms. The van der Waals surface area contributed by atoms with Crippen LogP contribution in [0.2, 0.25) is 0 Å². The van der Waals surface area contributed by atoms with Gasteiger partial charge in [0, 0.05) is 11.6 Å². The summed E-state index contributed by atoms with van der Waals surface area (Å²) < 4.78 is 38.0. The minimum absolute atomic E-state index is 0.0616. The number of nitrogens with one attached hydrogen (secondary N) is 1. The van der Waals surface area contributed by atoms with Crippen LogP contribution in [0.15, 0.2) is 74.8 Å². The Morgan fingerprint density at radius 2 is 1.79 bits per heavy atom. The Bertz CT molecular complexity index is 1050. The number of hydrogen-bond acceptors (Lipinski definition) is 5. The number of rotatable bonds is 8. The Morgan fingerprint density at radius 1 is 1.10 bits per heavy atom. The van der Waals surface area contributed by atoms with Crippen LogP contribution in [0.1, 0.15) is 47.7 Å². The number of hydrogen-bond donors (Lipinski definition) is 1. The van der Waals surface area contributed by atoms with Gasteiger partial charge < -0.3 is 13.7 Å². The van der Waals surface area contributed by atoms with Gasteiger partial charge in [0.05, 0.1) is 30.0 Å². The quantitative estimate of drug-likeness (QED) is 0.606. The molecule has 1 aliphatic carbocycles. The maximum absolute atomic E-state index is 13.1. The van der Waals surface area contributed by atoms with E-state index in [1.54, 1.807) is 36.6 Å². The minimum Gasteiger partial charge on any atom is -0.468 e. The van der Waals surface area contributed by atoms with Gasteiger partial charge in [-0.3, -0.25) is 4.79 Å². The molecule has 0 spiro atoms. The SMILES string of the molecule is CC(c1ccco1)N(C(=O)c1ccc(S(=O)(=O)NCc2ccco2)cc1)C1CC1. The summed E-state index contributed by atoms with van der Waals surface area (Å²) >= 11 is 0. The van der Waals surface area contributed by atoms with Crippen molar-refractivity contribution >= 4 is 15.9 Å². The van der Waals surface area contributed by atoms with Crippen LogP contribution in [0.25, 0.3) is 0 Å². The summed E-state index contributed by atoms with van der Waals surface area (Å²) in [5.41, 5.74) is 0.445. The third kappa shape index (κ3) is 4.28. The van der Waals surface area contributed by atoms with E-state index in [9.17, 15) is 13.2 Å². The Labute approximate surface area is 169 Å². The summed E-state index contributed by atoms with van der Waals surface area (Å²) in [4.78, 5) is 15.0. The molecule has 2 heterocycles. The molecule has 3 aromatic rings. The first-order chi connectivity index (χ1) is 14.0. The molecule has 1 atom stereocenters. The highest BCUT2D eigenvalue weighted by Gasteiger charge is 2.37. The van der Waals surface area contributed by atoms with Crippen LogP contribution < -0.4 is 4.72 Å². The van der Waals surface area contributed by atoms with E-state index < -0.39 is 10.0 Å². The van der Waals surface area contributed by atoms with Crippen molar-refractivity contribution in [2.45, 2.75) is 43.3 Å². The smallest absolute Gasteiger partial charge is 0.254 e. The van der Waals surface area contributed by atoms with E-state index >= 15 is 0 Å². The van der Waals surface area contributed by atoms with Crippen molar-refractivity contribution in [1.29, 1.82) is 0 Å². The fourth-order valence-corrected chi connectivity index (χ4v) is 4.26. The van der Waals surface area contributed by atoms with Gasteiger partial charge in [0.1, 0.15) is 11.5 Å². The molecule has 1 saturated carbocycles. The van der Waals surface area contributed by atoms with Crippen LogP contribution in [-0.2, 0) is 16.6 Å². The zero-order valence-electron chi connectivity index (χ0n) is 15.9. The number of amides is 1. The molecule has 0 saturated heterocycles. The lowest BCUT2D eigenvalue weighted by Gasteiger charge is -2.28. The van der Waals surface area contributed by atoms with Crippen molar-refractivity contribution in [3.63, 3.8) is 0 Å². The fraction of sp³-hybridized carbons (Fsp3) is 0.286. The molecule has 0 radical (unpaired) electrons. The van der Waals surface area contributed by atoms with Crippen molar-refractivity contribution in [2.75, 3.05) is 0 Å². The van der Waals surface area contributed by atoms with Gasteiger partial charge in [0.2, 0.25) is 10.0 Å². The Balaban J connectivity index is 1.49. The van der Waals surface area contributed by atoms with Gasteiger partial charge in [-0.25, -0.2) is 13.1 Å². The molecule has 29 heavy (non-hydrogen) atoms. The number of carbonyl (C=O) groups is 1. The highest BCUT2D eigenvalue weighted by Crippen LogP contribution is 2.35. The van der Waals surface area contributed by atoms with Crippen molar-refractivity contribution < 1.29 is 22.0 Å². The van der Waals surface area contributed by atoms with Crippen LogP contribution in [0.4, 0.5) is 0 Å². The van der Waals surface area contributed by atoms with E-state index in [4.69, 9.17) is 8.83 Å². The normalized spacial score (nSPS) is 15.2. The molecule has 4 rings (SSSR count). The standard InChI is InChI=1S/C21H22N2O5S/c1-15(20-5-3-13-28-20)23(17-8-9-17)21(24)16-6-10-19(11-7-16)29(25,26)22-14-18-4-2-12-27-18/h2-7,10-13,15,17,22H,8-9,14H2,1H3. The Morgan fingerprint density at radius 3 is 2.38 bits per heavy atom. The first-order valence-corrected chi connectivity index (χ1v) is 10.9. The van der Waals surface area contributed by atoms with Gasteiger partial charge in [0.15, 0.2) is 0 Å². The molecule has 2 aromatic heterocycles. The van der Waals surface area contributed by atoms with E-state index in [0.29, 0.717) is 11.3 Å². The second-order valence-corrected chi connectivity index (χ2v) is 8.83. The van der Waals surface area contributed by atoms with Crippen molar-refractivity contribution in [3.8, 4) is 0 Å². The molecule has 1 aromatic carbocycles. The molecule has 152 valence electrons. The van der Waals surface area contributed by atoms with Gasteiger partial charge in [-0.05, 0) is 68.3 Å². The summed E-state index contributed by atoms with van der Waals surface area (Å²) in [5, 5.41) is 0. The molecular formula is C21H22N2O5S. The highest BCUT2D eigenvalue weighted by molar-refractivity contribution is 7.89. The van der Waals surface area contributed by atoms with Crippen LogP contribution in [0.5, 0.6) is 0 Å². The van der Waals surface area contributed by atoms with Crippen LogP contribution in [-0.4, -0.2) is 25.3 Å². The fourth-order valence-electron chi connectivity index (χ4n) is 3.27. The summed E-state index contributed by atoms with van der Waals surface area (Å²) in [7, 11) is -3.70. The molecule has 0 aliphatic heterocycles. The zero-order chi connectivity index (χ0) is 20.4. The lowest BCUT2D eigenvalue weighted by molar-refractivity contribution is 0.0652. The zero-order valence-corrected chi connectivity index (χ0v) is 16.8. The van der Waals surface area contributed by atoms with Gasteiger partial charge in [-0.2, -0.15) is 0 Å². The molecule has 1 amide bonds. The second kappa shape index (κ2) is 7.88. The predicted octanol–water partition coefficient (Wildman–Crippen LogP) is 3.72. The lowest BCUT2D eigenvalue weighted by atomic mass is 10.1. The molecule has 1 aliphatic rings. The summed E-state index contributed by atoms with van der Waals surface area (Å²) in [6.07, 6.45) is 5.00. The molecule has 1 unspecified atom stereocenters. The first-order valence-electron chi connectivity index (χ1n) is 9.44. The number of nitrogens with zero attached hydrogens (tertiary/aromatic N) is 1. The van der Waals surface area contributed by atoms with Crippen molar-refractivity contribution in [2.24, 2.45) is 0 Å². The van der Waals surface area contributed by atoms with E-state index in [1.807, 2.05) is 17.9 Å². The number of furan rings is 2. The number of carbonyl (C=O) groups excluding carboxylic acids is 1. The topological polar surface area (TPSA) is 92.8 Å².